The highest BCUT2D eigenvalue weighted by atomic mass is 16.4. The first-order valence-corrected chi connectivity index (χ1v) is 14.8. The van der Waals surface area contributed by atoms with Crippen LogP contribution in [0.25, 0.3) is 0 Å². The third-order valence-electron chi connectivity index (χ3n) is 6.99. The van der Waals surface area contributed by atoms with E-state index < -0.39 is 90.1 Å². The predicted molar refractivity (Wildman–Crippen MR) is 166 cm³/mol. The van der Waals surface area contributed by atoms with Crippen molar-refractivity contribution in [2.75, 3.05) is 0 Å². The van der Waals surface area contributed by atoms with Crippen molar-refractivity contribution in [3.8, 4) is 0 Å². The normalized spacial score (nSPS) is 14.8. The molecule has 0 spiro atoms. The molecule has 6 atom stereocenters. The average molecular weight is 659 g/mol. The van der Waals surface area contributed by atoms with Gasteiger partial charge in [-0.1, -0.05) is 44.2 Å². The fraction of sp³-hybridized carbons (Fsp3) is 0.467. The molecule has 10 N–H and O–H groups in total. The smallest absolute Gasteiger partial charge is 0.326 e. The van der Waals surface area contributed by atoms with Gasteiger partial charge in [-0.15, -0.1) is 0 Å². The number of nitrogens with two attached hydrogens (primary N) is 1. The lowest BCUT2D eigenvalue weighted by molar-refractivity contribution is -0.143. The molecule has 0 saturated carbocycles. The van der Waals surface area contributed by atoms with Gasteiger partial charge in [-0.2, -0.15) is 0 Å². The number of aliphatic carboxylic acids is 2. The summed E-state index contributed by atoms with van der Waals surface area (Å²) in [6, 6.07) is 1.25. The number of nitrogens with zero attached hydrogens (tertiary/aromatic N) is 1. The predicted octanol–water partition coefficient (Wildman–Crippen LogP) is -1.80. The standard InChI is InChI=1S/C30H42N8O9/c1-15(2)24(30(46)47)38-29(45)21(10-18-8-6-5-7-9-18)36-26(42)17(4)34-25(41)16(3)35-28(44)22(11-19-13-32-14-33-19)37-27(43)20(31)12-23(39)40/h5-9,13-17,20-22,24H,10-12,31H2,1-4H3,(H,32,33)(H,34,41)(H,35,44)(H,36,42)(H,37,43)(H,38,45)(H,39,40)(H,46,47)/t16-,17-,20-,21-,22-,24-/m0/s1. The van der Waals surface area contributed by atoms with Gasteiger partial charge in [0.05, 0.1) is 18.8 Å². The van der Waals surface area contributed by atoms with Crippen LogP contribution in [0, 0.1) is 5.92 Å². The topological polar surface area (TPSA) is 275 Å². The summed E-state index contributed by atoms with van der Waals surface area (Å²) in [5.74, 6) is -6.92. The highest BCUT2D eigenvalue weighted by molar-refractivity contribution is 5.96. The highest BCUT2D eigenvalue weighted by Crippen LogP contribution is 2.08. The molecule has 2 aromatic rings. The number of amides is 5. The summed E-state index contributed by atoms with van der Waals surface area (Å²) in [6.07, 6.45) is 2.04. The van der Waals surface area contributed by atoms with Gasteiger partial charge in [0.15, 0.2) is 0 Å². The number of carbonyl (C=O) groups is 7. The van der Waals surface area contributed by atoms with Crippen molar-refractivity contribution in [3.05, 3.63) is 54.1 Å². The minimum Gasteiger partial charge on any atom is -0.481 e. The molecular formula is C30H42N8O9. The van der Waals surface area contributed by atoms with Crippen LogP contribution in [0.1, 0.15) is 45.4 Å². The Bertz CT molecular complexity index is 1400. The van der Waals surface area contributed by atoms with E-state index >= 15 is 0 Å². The first-order chi connectivity index (χ1) is 22.1. The van der Waals surface area contributed by atoms with Crippen LogP contribution in [0.4, 0.5) is 0 Å². The van der Waals surface area contributed by atoms with Gasteiger partial charge < -0.3 is 47.5 Å². The van der Waals surface area contributed by atoms with Gasteiger partial charge in [0.1, 0.15) is 30.2 Å². The summed E-state index contributed by atoms with van der Waals surface area (Å²) in [4.78, 5) is 94.0. The van der Waals surface area contributed by atoms with Gasteiger partial charge in [-0.05, 0) is 25.3 Å². The van der Waals surface area contributed by atoms with Gasteiger partial charge in [-0.3, -0.25) is 28.8 Å². The maximum atomic E-state index is 13.1. The van der Waals surface area contributed by atoms with Crippen molar-refractivity contribution in [2.45, 2.75) is 83.2 Å². The molecule has 0 bridgehead atoms. The molecule has 256 valence electrons. The Kier molecular flexibility index (Phi) is 14.5. The second kappa shape index (κ2) is 18.0. The van der Waals surface area contributed by atoms with Crippen LogP contribution in [-0.2, 0) is 46.4 Å². The number of rotatable bonds is 18. The Balaban J connectivity index is 2.09. The Morgan fingerprint density at radius 3 is 1.81 bits per heavy atom. The molecule has 1 heterocycles. The number of H-pyrrole nitrogens is 1. The summed E-state index contributed by atoms with van der Waals surface area (Å²) in [5, 5.41) is 30.7. The molecule has 0 fully saturated rings. The lowest BCUT2D eigenvalue weighted by Gasteiger charge is -2.25. The lowest BCUT2D eigenvalue weighted by Crippen LogP contribution is -2.59. The molecule has 0 unspecified atom stereocenters. The second-order valence-corrected chi connectivity index (χ2v) is 11.3. The number of benzene rings is 1. The van der Waals surface area contributed by atoms with Crippen molar-refractivity contribution in [2.24, 2.45) is 11.7 Å². The van der Waals surface area contributed by atoms with E-state index in [-0.39, 0.29) is 12.8 Å². The zero-order chi connectivity index (χ0) is 35.3. The highest BCUT2D eigenvalue weighted by Gasteiger charge is 2.31. The van der Waals surface area contributed by atoms with Gasteiger partial charge in [0, 0.05) is 24.7 Å². The fourth-order valence-corrected chi connectivity index (χ4v) is 4.29. The molecule has 0 aliphatic heterocycles. The number of hydrogen-bond acceptors (Lipinski definition) is 9. The van der Waals surface area contributed by atoms with E-state index in [1.165, 1.54) is 26.4 Å². The summed E-state index contributed by atoms with van der Waals surface area (Å²) in [6.45, 7) is 5.96. The molecule has 17 nitrogen and oxygen atoms in total. The number of hydrogen-bond donors (Lipinski definition) is 9. The summed E-state index contributed by atoms with van der Waals surface area (Å²) < 4.78 is 0. The van der Waals surface area contributed by atoms with Crippen LogP contribution in [-0.4, -0.2) is 97.9 Å². The van der Waals surface area contributed by atoms with Gasteiger partial charge in [-0.25, -0.2) is 9.78 Å². The molecule has 5 amide bonds. The van der Waals surface area contributed by atoms with Crippen LogP contribution in [0.2, 0.25) is 0 Å². The van der Waals surface area contributed by atoms with Crippen molar-refractivity contribution in [1.29, 1.82) is 0 Å². The molecule has 0 aliphatic carbocycles. The van der Waals surface area contributed by atoms with Gasteiger partial charge >= 0.3 is 11.9 Å². The zero-order valence-corrected chi connectivity index (χ0v) is 26.5. The van der Waals surface area contributed by atoms with Crippen molar-refractivity contribution in [1.82, 2.24) is 36.6 Å². The zero-order valence-electron chi connectivity index (χ0n) is 26.5. The summed E-state index contributed by atoms with van der Waals surface area (Å²) >= 11 is 0. The molecule has 0 radical (unpaired) electrons. The number of nitrogens with one attached hydrogen (secondary N) is 6. The first-order valence-electron chi connectivity index (χ1n) is 14.8. The van der Waals surface area contributed by atoms with Gasteiger partial charge in [0.2, 0.25) is 29.5 Å². The Hall–Kier alpha value is -5.32. The quantitative estimate of drug-likeness (QED) is 0.0862. The number of carbonyl (C=O) groups excluding carboxylic acids is 5. The van der Waals surface area contributed by atoms with Crippen LogP contribution in [0.15, 0.2) is 42.9 Å². The van der Waals surface area contributed by atoms with E-state index in [4.69, 9.17) is 10.8 Å². The third kappa shape index (κ3) is 12.5. The van der Waals surface area contributed by atoms with Crippen LogP contribution in [0.5, 0.6) is 0 Å². The number of aromatic amines is 1. The minimum absolute atomic E-state index is 0.0372. The van der Waals surface area contributed by atoms with Crippen molar-refractivity contribution >= 4 is 41.5 Å². The number of carboxylic acids is 2. The Labute approximate surface area is 270 Å². The Morgan fingerprint density at radius 1 is 0.745 bits per heavy atom. The summed E-state index contributed by atoms with van der Waals surface area (Å²) in [7, 11) is 0. The molecule has 2 rings (SSSR count). The van der Waals surface area contributed by atoms with Crippen molar-refractivity contribution in [3.63, 3.8) is 0 Å². The number of carboxylic acid groups (broad SMARTS) is 2. The summed E-state index contributed by atoms with van der Waals surface area (Å²) in [5.41, 5.74) is 6.77. The van der Waals surface area contributed by atoms with Crippen LogP contribution >= 0.6 is 0 Å². The van der Waals surface area contributed by atoms with E-state index in [1.807, 2.05) is 0 Å². The Morgan fingerprint density at radius 2 is 1.28 bits per heavy atom. The van der Waals surface area contributed by atoms with Crippen LogP contribution < -0.4 is 32.3 Å². The number of imidazole rings is 1. The van der Waals surface area contributed by atoms with E-state index in [0.717, 1.165) is 0 Å². The molecule has 0 saturated heterocycles. The maximum Gasteiger partial charge on any atom is 0.326 e. The average Bonchev–Trinajstić information content (AvgIpc) is 3.51. The third-order valence-corrected chi connectivity index (χ3v) is 6.99. The monoisotopic (exact) mass is 658 g/mol. The van der Waals surface area contributed by atoms with E-state index in [1.54, 1.807) is 44.2 Å². The van der Waals surface area contributed by atoms with E-state index in [2.05, 4.69) is 36.6 Å². The maximum absolute atomic E-state index is 13.1. The molecule has 1 aromatic heterocycles. The molecular weight excluding hydrogens is 616 g/mol. The minimum atomic E-state index is -1.43. The van der Waals surface area contributed by atoms with Crippen molar-refractivity contribution < 1.29 is 43.8 Å². The first kappa shape index (κ1) is 37.9. The SMILES string of the molecule is CC(C)[C@H](NC(=O)[C@H](Cc1ccccc1)NC(=O)[C@H](C)NC(=O)[C@H](C)NC(=O)[C@H](Cc1cnc[nH]1)NC(=O)[C@@H](N)CC(=O)O)C(=O)O. The van der Waals surface area contributed by atoms with E-state index in [9.17, 15) is 38.7 Å². The fourth-order valence-electron chi connectivity index (χ4n) is 4.29. The lowest BCUT2D eigenvalue weighted by atomic mass is 10.0. The molecule has 1 aromatic carbocycles. The van der Waals surface area contributed by atoms with Gasteiger partial charge in [0.25, 0.3) is 0 Å². The number of aromatic nitrogens is 2. The van der Waals surface area contributed by atoms with Crippen LogP contribution in [0.3, 0.4) is 0 Å². The molecule has 17 heteroatoms. The largest absolute Gasteiger partial charge is 0.481 e. The molecule has 0 aliphatic rings. The second-order valence-electron chi connectivity index (χ2n) is 11.3. The van der Waals surface area contributed by atoms with E-state index in [0.29, 0.717) is 11.3 Å². The molecule has 47 heavy (non-hydrogen) atoms.